The van der Waals surface area contributed by atoms with Crippen molar-refractivity contribution < 1.29 is 8.42 Å². The summed E-state index contributed by atoms with van der Waals surface area (Å²) in [7, 11) is -3.65. The van der Waals surface area contributed by atoms with Crippen LogP contribution in [-0.2, 0) is 28.7 Å². The van der Waals surface area contributed by atoms with Crippen LogP contribution in [0.3, 0.4) is 0 Å². The summed E-state index contributed by atoms with van der Waals surface area (Å²) in [6.45, 7) is 9.09. The van der Waals surface area contributed by atoms with E-state index in [1.54, 1.807) is 10.8 Å². The molecule has 0 fully saturated rings. The van der Waals surface area contributed by atoms with Crippen LogP contribution in [0.4, 0.5) is 0 Å². The van der Waals surface area contributed by atoms with Gasteiger partial charge in [0, 0.05) is 12.1 Å². The number of nitrogens with one attached hydrogen (secondary N) is 1. The second-order valence-corrected chi connectivity index (χ2v) is 10.9. The van der Waals surface area contributed by atoms with Crippen molar-refractivity contribution in [2.24, 2.45) is 0 Å². The van der Waals surface area contributed by atoms with Gasteiger partial charge in [-0.2, -0.15) is 0 Å². The Morgan fingerprint density at radius 1 is 1.00 bits per heavy atom. The Balaban J connectivity index is 2.00. The number of benzene rings is 2. The van der Waals surface area contributed by atoms with Gasteiger partial charge in [0.2, 0.25) is 15.0 Å². The molecule has 0 aliphatic heterocycles. The summed E-state index contributed by atoms with van der Waals surface area (Å²) in [5.74, 6) is -0.0969. The van der Waals surface area contributed by atoms with Crippen molar-refractivity contribution >= 4 is 27.2 Å². The zero-order valence-corrected chi connectivity index (χ0v) is 21.2. The predicted molar refractivity (Wildman–Crippen MR) is 137 cm³/mol. The van der Waals surface area contributed by atoms with Crippen molar-refractivity contribution in [1.29, 1.82) is 0 Å². The van der Waals surface area contributed by atoms with Crippen molar-refractivity contribution in [3.63, 3.8) is 0 Å². The lowest BCUT2D eigenvalue weighted by Gasteiger charge is -2.31. The van der Waals surface area contributed by atoms with E-state index in [0.717, 1.165) is 16.8 Å². The molecule has 0 unspecified atom stereocenters. The highest BCUT2D eigenvalue weighted by Gasteiger charge is 2.26. The summed E-state index contributed by atoms with van der Waals surface area (Å²) in [6, 6.07) is 19.4. The highest BCUT2D eigenvalue weighted by molar-refractivity contribution is 7.90. The van der Waals surface area contributed by atoms with Crippen molar-refractivity contribution in [3.8, 4) is 0 Å². The number of hydrogen-bond donors (Lipinski definition) is 1. The van der Waals surface area contributed by atoms with Crippen molar-refractivity contribution in [2.75, 3.05) is 0 Å². The highest BCUT2D eigenvalue weighted by Crippen LogP contribution is 2.21. The molecule has 0 aliphatic carbocycles. The minimum atomic E-state index is -3.65. The lowest BCUT2D eigenvalue weighted by molar-refractivity contribution is 0.325. The molecular weight excluding hydrogens is 452 g/mol. The molecule has 0 radical (unpaired) electrons. The Hall–Kier alpha value is -2.71. The second kappa shape index (κ2) is 10.9. The van der Waals surface area contributed by atoms with Gasteiger partial charge in [0.15, 0.2) is 5.11 Å². The molecule has 3 rings (SSSR count). The van der Waals surface area contributed by atoms with Crippen LogP contribution in [0.25, 0.3) is 0 Å². The van der Waals surface area contributed by atoms with E-state index in [9.17, 15) is 8.42 Å². The molecule has 176 valence electrons. The zero-order valence-electron chi connectivity index (χ0n) is 19.6. The fourth-order valence-electron chi connectivity index (χ4n) is 3.55. The van der Waals surface area contributed by atoms with E-state index >= 15 is 0 Å². The fraction of sp³-hybridized carbons (Fsp3) is 0.360. The number of nitrogens with zero attached hydrogens (tertiary/aromatic N) is 3. The average molecular weight is 485 g/mol. The topological polar surface area (TPSA) is 67.2 Å². The molecule has 0 bridgehead atoms. The van der Waals surface area contributed by atoms with Gasteiger partial charge in [0.05, 0.1) is 30.7 Å². The summed E-state index contributed by atoms with van der Waals surface area (Å²) in [5.41, 5.74) is 2.54. The molecule has 1 N–H and O–H groups in total. The molecule has 6 nitrogen and oxygen atoms in total. The van der Waals surface area contributed by atoms with Crippen LogP contribution in [0.15, 0.2) is 72.0 Å². The van der Waals surface area contributed by atoms with Gasteiger partial charge < -0.3 is 14.8 Å². The number of thiocarbonyl (C=S) groups is 1. The molecule has 33 heavy (non-hydrogen) atoms. The van der Waals surface area contributed by atoms with Gasteiger partial charge in [-0.3, -0.25) is 0 Å². The lowest BCUT2D eigenvalue weighted by Crippen LogP contribution is -2.45. The Bertz CT molecular complexity index is 1160. The van der Waals surface area contributed by atoms with Gasteiger partial charge in [-0.1, -0.05) is 60.7 Å². The first kappa shape index (κ1) is 24.9. The van der Waals surface area contributed by atoms with E-state index in [2.05, 4.69) is 29.0 Å². The van der Waals surface area contributed by atoms with Crippen molar-refractivity contribution in [1.82, 2.24) is 19.8 Å². The Labute approximate surface area is 202 Å². The number of sulfone groups is 1. The number of aromatic nitrogens is 2. The summed E-state index contributed by atoms with van der Waals surface area (Å²) in [5, 5.41) is 4.01. The maximum Gasteiger partial charge on any atom is 0.228 e. The Kier molecular flexibility index (Phi) is 8.26. The predicted octanol–water partition coefficient (Wildman–Crippen LogP) is 4.40. The van der Waals surface area contributed by atoms with Gasteiger partial charge in [-0.15, -0.1) is 0 Å². The summed E-state index contributed by atoms with van der Waals surface area (Å²) < 4.78 is 28.6. The molecule has 2 aromatic carbocycles. The molecular formula is C25H32N4O2S2. The van der Waals surface area contributed by atoms with E-state index in [-0.39, 0.29) is 23.0 Å². The smallest absolute Gasteiger partial charge is 0.228 e. The first-order valence-corrected chi connectivity index (χ1v) is 13.2. The molecule has 1 aromatic heterocycles. The molecule has 0 atom stereocenters. The fourth-order valence-corrected chi connectivity index (χ4v) is 5.56. The molecule has 0 saturated heterocycles. The maximum atomic E-state index is 13.4. The third-order valence-electron chi connectivity index (χ3n) is 5.19. The van der Waals surface area contributed by atoms with Crippen molar-refractivity contribution in [3.05, 3.63) is 83.7 Å². The quantitative estimate of drug-likeness (QED) is 0.454. The van der Waals surface area contributed by atoms with E-state index in [0.29, 0.717) is 18.2 Å². The van der Waals surface area contributed by atoms with Crippen LogP contribution in [0.5, 0.6) is 0 Å². The number of rotatable bonds is 9. The minimum absolute atomic E-state index is 0.0802. The van der Waals surface area contributed by atoms with Gasteiger partial charge >= 0.3 is 0 Å². The Morgan fingerprint density at radius 2 is 1.58 bits per heavy atom. The van der Waals surface area contributed by atoms with Gasteiger partial charge in [0.25, 0.3) is 0 Å². The first-order chi connectivity index (χ1) is 15.7. The third-order valence-corrected chi connectivity index (χ3v) is 7.14. The summed E-state index contributed by atoms with van der Waals surface area (Å²) in [4.78, 5) is 6.45. The van der Waals surface area contributed by atoms with Gasteiger partial charge in [-0.05, 0) is 51.0 Å². The van der Waals surface area contributed by atoms with Gasteiger partial charge in [-0.25, -0.2) is 13.4 Å². The third kappa shape index (κ3) is 6.65. The lowest BCUT2D eigenvalue weighted by atomic mass is 10.2. The number of imidazole rings is 1. The molecule has 3 aromatic rings. The largest absolute Gasteiger partial charge is 0.360 e. The van der Waals surface area contributed by atoms with E-state index in [4.69, 9.17) is 12.2 Å². The molecule has 0 amide bonds. The van der Waals surface area contributed by atoms with Crippen LogP contribution >= 0.6 is 12.2 Å². The van der Waals surface area contributed by atoms with E-state index in [1.807, 2.05) is 74.5 Å². The van der Waals surface area contributed by atoms with Crippen LogP contribution < -0.4 is 5.32 Å². The minimum Gasteiger partial charge on any atom is -0.360 e. The second-order valence-electron chi connectivity index (χ2n) is 8.67. The molecule has 0 aliphatic rings. The van der Waals surface area contributed by atoms with E-state index < -0.39 is 9.84 Å². The molecule has 8 heteroatoms. The maximum absolute atomic E-state index is 13.4. The normalized spacial score (nSPS) is 11.7. The molecule has 0 saturated carbocycles. The molecule has 1 heterocycles. The van der Waals surface area contributed by atoms with Crippen LogP contribution in [-0.4, -0.2) is 40.1 Å². The molecule has 0 spiro atoms. The SMILES string of the molecule is CC(C)NC(=S)N(Cc1cnc(S(=O)(=O)Cc2ccccc2)n1Cc1ccccc1)C(C)C. The summed E-state index contributed by atoms with van der Waals surface area (Å²) in [6.07, 6.45) is 1.66. The highest BCUT2D eigenvalue weighted by atomic mass is 32.2. The van der Waals surface area contributed by atoms with Crippen LogP contribution in [0.2, 0.25) is 0 Å². The first-order valence-electron chi connectivity index (χ1n) is 11.1. The van der Waals surface area contributed by atoms with Crippen LogP contribution in [0, 0.1) is 0 Å². The van der Waals surface area contributed by atoms with Gasteiger partial charge in [0.1, 0.15) is 0 Å². The Morgan fingerprint density at radius 3 is 2.12 bits per heavy atom. The van der Waals surface area contributed by atoms with E-state index in [1.165, 1.54) is 0 Å². The zero-order chi connectivity index (χ0) is 24.0. The number of hydrogen-bond acceptors (Lipinski definition) is 4. The summed E-state index contributed by atoms with van der Waals surface area (Å²) >= 11 is 5.63. The van der Waals surface area contributed by atoms with Crippen LogP contribution in [0.1, 0.15) is 44.5 Å². The monoisotopic (exact) mass is 484 g/mol. The average Bonchev–Trinajstić information content (AvgIpc) is 3.15. The standard InChI is InChI=1S/C25H32N4O2S2/c1-19(2)27-24(32)28(20(3)4)17-23-15-26-25(29(23)16-21-11-7-5-8-12-21)33(30,31)18-22-13-9-6-10-14-22/h5-15,19-20H,16-18H2,1-4H3,(H,27,32). The van der Waals surface area contributed by atoms with Crippen molar-refractivity contribution in [2.45, 2.75) is 63.8 Å².